The van der Waals surface area contributed by atoms with Crippen molar-refractivity contribution < 1.29 is 4.79 Å². The van der Waals surface area contributed by atoms with Gasteiger partial charge in [0.05, 0.1) is 0 Å². The smallest absolute Gasteiger partial charge is 0.225 e. The molecule has 0 aromatic heterocycles. The maximum absolute atomic E-state index is 12.7. The number of nitrogens with one attached hydrogen (secondary N) is 1. The van der Waals surface area contributed by atoms with Crippen LogP contribution in [0, 0.1) is 5.92 Å². The maximum Gasteiger partial charge on any atom is 0.225 e. The highest BCUT2D eigenvalue weighted by Crippen LogP contribution is 2.25. The largest absolute Gasteiger partial charge is 0.341 e. The predicted molar refractivity (Wildman–Crippen MR) is 79.1 cm³/mol. The minimum Gasteiger partial charge on any atom is -0.341 e. The van der Waals surface area contributed by atoms with Crippen LogP contribution in [0.3, 0.4) is 0 Å². The summed E-state index contributed by atoms with van der Waals surface area (Å²) < 4.78 is 0. The molecular weight excluding hydrogens is 236 g/mol. The highest BCUT2D eigenvalue weighted by atomic mass is 16.2. The first-order chi connectivity index (χ1) is 9.31. The first-order valence-corrected chi connectivity index (χ1v) is 8.33. The summed E-state index contributed by atoms with van der Waals surface area (Å²) in [7, 11) is 0. The first-order valence-electron chi connectivity index (χ1n) is 8.33. The van der Waals surface area contributed by atoms with Crippen LogP contribution in [-0.4, -0.2) is 36.5 Å². The number of carbonyl (C=O) groups excluding carboxylic acids is 1. The van der Waals surface area contributed by atoms with Crippen molar-refractivity contribution in [2.24, 2.45) is 5.92 Å². The number of hydrogen-bond donors (Lipinski definition) is 1. The Kier molecular flexibility index (Phi) is 6.15. The van der Waals surface area contributed by atoms with Crippen molar-refractivity contribution in [3.05, 3.63) is 0 Å². The van der Waals surface area contributed by atoms with Crippen LogP contribution in [0.1, 0.15) is 64.7 Å². The molecular formula is C16H30N2O. The van der Waals surface area contributed by atoms with Crippen LogP contribution in [0.5, 0.6) is 0 Å². The predicted octanol–water partition coefficient (Wildman–Crippen LogP) is 2.95. The Bertz CT molecular complexity index is 266. The number of amides is 1. The molecule has 0 radical (unpaired) electrons. The molecule has 1 unspecified atom stereocenters. The van der Waals surface area contributed by atoms with Crippen LogP contribution >= 0.6 is 0 Å². The number of nitrogens with zero attached hydrogens (tertiary/aromatic N) is 1. The number of hydrogen-bond acceptors (Lipinski definition) is 2. The fourth-order valence-corrected chi connectivity index (χ4v) is 3.52. The fourth-order valence-electron chi connectivity index (χ4n) is 3.52. The quantitative estimate of drug-likeness (QED) is 0.776. The van der Waals surface area contributed by atoms with Gasteiger partial charge in [0, 0.05) is 25.0 Å². The summed E-state index contributed by atoms with van der Waals surface area (Å²) in [5, 5.41) is 3.52. The molecule has 1 amide bonds. The van der Waals surface area contributed by atoms with E-state index >= 15 is 0 Å². The van der Waals surface area contributed by atoms with Gasteiger partial charge in [-0.25, -0.2) is 0 Å². The highest BCUT2D eigenvalue weighted by Gasteiger charge is 2.27. The van der Waals surface area contributed by atoms with Crippen LogP contribution in [0.2, 0.25) is 0 Å². The van der Waals surface area contributed by atoms with Gasteiger partial charge in [0.25, 0.3) is 0 Å². The lowest BCUT2D eigenvalue weighted by molar-refractivity contribution is -0.136. The van der Waals surface area contributed by atoms with E-state index in [9.17, 15) is 4.79 Å². The van der Waals surface area contributed by atoms with Gasteiger partial charge in [0.2, 0.25) is 5.91 Å². The van der Waals surface area contributed by atoms with Crippen LogP contribution < -0.4 is 5.32 Å². The van der Waals surface area contributed by atoms with E-state index in [0.29, 0.717) is 17.9 Å². The van der Waals surface area contributed by atoms with Gasteiger partial charge >= 0.3 is 0 Å². The van der Waals surface area contributed by atoms with Crippen LogP contribution in [0.25, 0.3) is 0 Å². The monoisotopic (exact) mass is 266 g/mol. The van der Waals surface area contributed by atoms with Crippen LogP contribution in [0.4, 0.5) is 0 Å². The molecule has 1 aliphatic heterocycles. The molecule has 2 aliphatic rings. The van der Waals surface area contributed by atoms with Crippen LogP contribution in [-0.2, 0) is 4.79 Å². The van der Waals surface area contributed by atoms with Crippen molar-refractivity contribution in [1.29, 1.82) is 0 Å². The third kappa shape index (κ3) is 4.48. The van der Waals surface area contributed by atoms with Gasteiger partial charge in [-0.05, 0) is 38.6 Å². The van der Waals surface area contributed by atoms with Gasteiger partial charge in [-0.1, -0.05) is 32.6 Å². The van der Waals surface area contributed by atoms with Gasteiger partial charge in [-0.3, -0.25) is 4.79 Å². The second-order valence-electron chi connectivity index (χ2n) is 6.27. The highest BCUT2D eigenvalue weighted by molar-refractivity contribution is 5.78. The summed E-state index contributed by atoms with van der Waals surface area (Å²) in [6.45, 7) is 5.17. The maximum atomic E-state index is 12.7. The Morgan fingerprint density at radius 3 is 2.42 bits per heavy atom. The van der Waals surface area contributed by atoms with E-state index in [2.05, 4.69) is 17.1 Å². The van der Waals surface area contributed by atoms with Crippen molar-refractivity contribution in [3.8, 4) is 0 Å². The zero-order valence-electron chi connectivity index (χ0n) is 12.5. The second kappa shape index (κ2) is 7.88. The average molecular weight is 266 g/mol. The summed E-state index contributed by atoms with van der Waals surface area (Å²) in [4.78, 5) is 14.9. The normalized spacial score (nSPS) is 25.2. The van der Waals surface area contributed by atoms with E-state index in [1.807, 2.05) is 0 Å². The molecule has 1 saturated carbocycles. The second-order valence-corrected chi connectivity index (χ2v) is 6.27. The summed E-state index contributed by atoms with van der Waals surface area (Å²) >= 11 is 0. The molecule has 0 bridgehead atoms. The van der Waals surface area contributed by atoms with Crippen molar-refractivity contribution >= 4 is 5.91 Å². The summed E-state index contributed by atoms with van der Waals surface area (Å²) in [6.07, 6.45) is 11.0. The molecule has 3 nitrogen and oxygen atoms in total. The van der Waals surface area contributed by atoms with Gasteiger partial charge in [0.15, 0.2) is 0 Å². The molecule has 1 aliphatic carbocycles. The van der Waals surface area contributed by atoms with Crippen molar-refractivity contribution in [3.63, 3.8) is 0 Å². The molecule has 1 atom stereocenters. The molecule has 3 heteroatoms. The molecule has 1 saturated heterocycles. The third-order valence-electron chi connectivity index (χ3n) is 4.61. The molecule has 2 fully saturated rings. The lowest BCUT2D eigenvalue weighted by Crippen LogP contribution is -2.44. The van der Waals surface area contributed by atoms with Crippen LogP contribution in [0.15, 0.2) is 0 Å². The molecule has 1 N–H and O–H groups in total. The third-order valence-corrected chi connectivity index (χ3v) is 4.61. The first kappa shape index (κ1) is 14.8. The van der Waals surface area contributed by atoms with Crippen molar-refractivity contribution in [2.75, 3.05) is 19.6 Å². The SMILES string of the molecule is CCCN(CC1CCCN1)C(=O)C1CCCCCC1. The number of carbonyl (C=O) groups is 1. The summed E-state index contributed by atoms with van der Waals surface area (Å²) in [5.74, 6) is 0.757. The molecule has 0 aromatic carbocycles. The minimum atomic E-state index is 0.315. The lowest BCUT2D eigenvalue weighted by atomic mass is 9.98. The van der Waals surface area contributed by atoms with Gasteiger partial charge in [0.1, 0.15) is 0 Å². The zero-order valence-corrected chi connectivity index (χ0v) is 12.5. The van der Waals surface area contributed by atoms with E-state index in [4.69, 9.17) is 0 Å². The number of rotatable bonds is 5. The molecule has 0 spiro atoms. The van der Waals surface area contributed by atoms with Crippen molar-refractivity contribution in [2.45, 2.75) is 70.8 Å². The van der Waals surface area contributed by atoms with E-state index in [1.54, 1.807) is 0 Å². The van der Waals surface area contributed by atoms with E-state index in [-0.39, 0.29) is 0 Å². The molecule has 19 heavy (non-hydrogen) atoms. The Labute approximate surface area is 118 Å². The molecule has 2 rings (SSSR count). The van der Waals surface area contributed by atoms with Gasteiger partial charge < -0.3 is 10.2 Å². The minimum absolute atomic E-state index is 0.315. The standard InChI is InChI=1S/C16H30N2O/c1-2-12-18(13-15-10-7-11-17-15)16(19)14-8-5-3-4-6-9-14/h14-15,17H,2-13H2,1H3. The molecule has 0 aromatic rings. The topological polar surface area (TPSA) is 32.3 Å². The Morgan fingerprint density at radius 2 is 1.84 bits per heavy atom. The molecule has 1 heterocycles. The summed E-state index contributed by atoms with van der Waals surface area (Å²) in [6, 6.07) is 0.543. The van der Waals surface area contributed by atoms with Gasteiger partial charge in [-0.15, -0.1) is 0 Å². The van der Waals surface area contributed by atoms with Crippen molar-refractivity contribution in [1.82, 2.24) is 10.2 Å². The van der Waals surface area contributed by atoms with E-state index in [0.717, 1.165) is 38.9 Å². The van der Waals surface area contributed by atoms with E-state index in [1.165, 1.54) is 38.5 Å². The van der Waals surface area contributed by atoms with E-state index < -0.39 is 0 Å². The Morgan fingerprint density at radius 1 is 1.11 bits per heavy atom. The lowest BCUT2D eigenvalue weighted by Gasteiger charge is -2.29. The fraction of sp³-hybridized carbons (Fsp3) is 0.938. The summed E-state index contributed by atoms with van der Waals surface area (Å²) in [5.41, 5.74) is 0. The average Bonchev–Trinajstić information content (AvgIpc) is 2.77. The Hall–Kier alpha value is -0.570. The zero-order chi connectivity index (χ0) is 13.5. The Balaban J connectivity index is 1.89. The van der Waals surface area contributed by atoms with Gasteiger partial charge in [-0.2, -0.15) is 0 Å². The molecule has 110 valence electrons.